The van der Waals surface area contributed by atoms with E-state index in [0.29, 0.717) is 45.4 Å². The Bertz CT molecular complexity index is 1010. The Labute approximate surface area is 135 Å². The van der Waals surface area contributed by atoms with E-state index in [9.17, 15) is 0 Å². The molecular formula is C18H10N4O2. The van der Waals surface area contributed by atoms with Gasteiger partial charge in [0.05, 0.1) is 0 Å². The Balaban J connectivity index is 1.65. The second-order valence-corrected chi connectivity index (χ2v) is 5.26. The lowest BCUT2D eigenvalue weighted by Gasteiger charge is -1.90. The standard InChI is InChI=1S/C18H10N4O2/c1-3-7-19-11(5-1)17-21-13-9-16-14(10-15(13)23-17)22-18(24-16)12-6-2-4-8-20-12/h1-10H. The first-order valence-corrected chi connectivity index (χ1v) is 7.41. The molecule has 0 unspecified atom stereocenters. The fourth-order valence-electron chi connectivity index (χ4n) is 2.55. The van der Waals surface area contributed by atoms with Crippen LogP contribution in [0.15, 0.2) is 69.8 Å². The highest BCUT2D eigenvalue weighted by Crippen LogP contribution is 2.29. The van der Waals surface area contributed by atoms with Gasteiger partial charge in [-0.15, -0.1) is 0 Å². The van der Waals surface area contributed by atoms with Gasteiger partial charge in [-0.3, -0.25) is 9.97 Å². The molecule has 5 aromatic rings. The van der Waals surface area contributed by atoms with E-state index in [1.54, 1.807) is 12.4 Å². The molecule has 6 nitrogen and oxygen atoms in total. The van der Waals surface area contributed by atoms with Crippen LogP contribution in [-0.2, 0) is 0 Å². The zero-order valence-electron chi connectivity index (χ0n) is 12.4. The van der Waals surface area contributed by atoms with Crippen molar-refractivity contribution in [1.29, 1.82) is 0 Å². The summed E-state index contributed by atoms with van der Waals surface area (Å²) in [6.45, 7) is 0. The Morgan fingerprint density at radius 2 is 1.12 bits per heavy atom. The summed E-state index contributed by atoms with van der Waals surface area (Å²) < 4.78 is 11.6. The minimum Gasteiger partial charge on any atom is -0.435 e. The maximum atomic E-state index is 5.81. The van der Waals surface area contributed by atoms with Gasteiger partial charge in [0, 0.05) is 24.5 Å². The first-order valence-electron chi connectivity index (χ1n) is 7.41. The Kier molecular flexibility index (Phi) is 2.69. The predicted molar refractivity (Wildman–Crippen MR) is 88.0 cm³/mol. The number of oxazole rings is 2. The molecule has 0 saturated heterocycles. The van der Waals surface area contributed by atoms with Crippen LogP contribution in [0.4, 0.5) is 0 Å². The second kappa shape index (κ2) is 4.99. The molecule has 4 aromatic heterocycles. The van der Waals surface area contributed by atoms with Crippen molar-refractivity contribution in [2.45, 2.75) is 0 Å². The van der Waals surface area contributed by atoms with Gasteiger partial charge in [0.15, 0.2) is 11.2 Å². The van der Waals surface area contributed by atoms with Crippen molar-refractivity contribution in [3.63, 3.8) is 0 Å². The molecule has 0 N–H and O–H groups in total. The van der Waals surface area contributed by atoms with Gasteiger partial charge in [0.2, 0.25) is 11.8 Å². The van der Waals surface area contributed by atoms with Crippen LogP contribution in [0.5, 0.6) is 0 Å². The molecule has 0 aliphatic carbocycles. The lowest BCUT2D eigenvalue weighted by atomic mass is 10.3. The summed E-state index contributed by atoms with van der Waals surface area (Å²) in [4.78, 5) is 17.5. The van der Waals surface area contributed by atoms with Gasteiger partial charge in [0.1, 0.15) is 22.4 Å². The third-order valence-corrected chi connectivity index (χ3v) is 3.67. The number of pyridine rings is 2. The van der Waals surface area contributed by atoms with Gasteiger partial charge in [-0.25, -0.2) is 9.97 Å². The lowest BCUT2D eigenvalue weighted by Crippen LogP contribution is -1.80. The minimum absolute atomic E-state index is 0.475. The van der Waals surface area contributed by atoms with E-state index in [4.69, 9.17) is 8.83 Å². The summed E-state index contributed by atoms with van der Waals surface area (Å²) in [6, 6.07) is 14.8. The number of benzene rings is 1. The fourth-order valence-corrected chi connectivity index (χ4v) is 2.55. The van der Waals surface area contributed by atoms with Crippen LogP contribution >= 0.6 is 0 Å². The van der Waals surface area contributed by atoms with E-state index in [-0.39, 0.29) is 0 Å². The van der Waals surface area contributed by atoms with Gasteiger partial charge in [-0.1, -0.05) is 12.1 Å². The highest BCUT2D eigenvalue weighted by molar-refractivity contribution is 5.90. The summed E-state index contributed by atoms with van der Waals surface area (Å²) in [7, 11) is 0. The van der Waals surface area contributed by atoms with E-state index in [0.717, 1.165) is 0 Å². The van der Waals surface area contributed by atoms with Crippen molar-refractivity contribution in [2.24, 2.45) is 0 Å². The normalized spacial score (nSPS) is 11.3. The highest BCUT2D eigenvalue weighted by atomic mass is 16.4. The Morgan fingerprint density at radius 3 is 1.54 bits per heavy atom. The number of fused-ring (bicyclic) bond motifs is 2. The molecule has 6 heteroatoms. The maximum absolute atomic E-state index is 5.81. The van der Waals surface area contributed by atoms with Gasteiger partial charge < -0.3 is 8.83 Å². The lowest BCUT2D eigenvalue weighted by molar-refractivity contribution is 0.615. The molecule has 0 aliphatic rings. The number of nitrogens with zero attached hydrogens (tertiary/aromatic N) is 4. The molecule has 0 fully saturated rings. The van der Waals surface area contributed by atoms with Crippen LogP contribution in [0.2, 0.25) is 0 Å². The number of hydrogen-bond acceptors (Lipinski definition) is 6. The van der Waals surface area contributed by atoms with Crippen LogP contribution in [0.1, 0.15) is 0 Å². The molecular weight excluding hydrogens is 304 g/mol. The van der Waals surface area contributed by atoms with Crippen molar-refractivity contribution in [3.05, 3.63) is 60.9 Å². The number of aromatic nitrogens is 4. The minimum atomic E-state index is 0.475. The Morgan fingerprint density at radius 1 is 0.625 bits per heavy atom. The van der Waals surface area contributed by atoms with Crippen LogP contribution in [0, 0.1) is 0 Å². The molecule has 24 heavy (non-hydrogen) atoms. The molecule has 4 heterocycles. The van der Waals surface area contributed by atoms with Crippen molar-refractivity contribution in [1.82, 2.24) is 19.9 Å². The van der Waals surface area contributed by atoms with E-state index in [1.807, 2.05) is 48.5 Å². The topological polar surface area (TPSA) is 77.8 Å². The molecule has 0 saturated carbocycles. The van der Waals surface area contributed by atoms with E-state index in [1.165, 1.54) is 0 Å². The monoisotopic (exact) mass is 314 g/mol. The molecule has 0 atom stereocenters. The average molecular weight is 314 g/mol. The summed E-state index contributed by atoms with van der Waals surface area (Å²) in [5, 5.41) is 0. The van der Waals surface area contributed by atoms with E-state index >= 15 is 0 Å². The maximum Gasteiger partial charge on any atom is 0.246 e. The number of hydrogen-bond donors (Lipinski definition) is 0. The van der Waals surface area contributed by atoms with Crippen molar-refractivity contribution in [2.75, 3.05) is 0 Å². The molecule has 1 aromatic carbocycles. The van der Waals surface area contributed by atoms with Crippen molar-refractivity contribution >= 4 is 22.2 Å². The first kappa shape index (κ1) is 13.0. The Hall–Kier alpha value is -3.54. The largest absolute Gasteiger partial charge is 0.435 e. The van der Waals surface area contributed by atoms with Gasteiger partial charge in [0.25, 0.3) is 0 Å². The smallest absolute Gasteiger partial charge is 0.246 e. The van der Waals surface area contributed by atoms with E-state index < -0.39 is 0 Å². The van der Waals surface area contributed by atoms with Crippen LogP contribution < -0.4 is 0 Å². The molecule has 0 radical (unpaired) electrons. The molecule has 0 aliphatic heterocycles. The van der Waals surface area contributed by atoms with E-state index in [2.05, 4.69) is 19.9 Å². The quantitative estimate of drug-likeness (QED) is 0.488. The highest BCUT2D eigenvalue weighted by Gasteiger charge is 2.14. The summed E-state index contributed by atoms with van der Waals surface area (Å²) >= 11 is 0. The van der Waals surface area contributed by atoms with Gasteiger partial charge >= 0.3 is 0 Å². The zero-order chi connectivity index (χ0) is 15.9. The molecule has 5 rings (SSSR count). The molecule has 0 bridgehead atoms. The van der Waals surface area contributed by atoms with Crippen molar-refractivity contribution < 1.29 is 8.83 Å². The molecule has 0 amide bonds. The average Bonchev–Trinajstić information content (AvgIpc) is 3.24. The third kappa shape index (κ3) is 2.04. The molecule has 114 valence electrons. The SMILES string of the molecule is c1ccc(-c2nc3cc4oc(-c5ccccn5)nc4cc3o2)nc1. The van der Waals surface area contributed by atoms with Gasteiger partial charge in [-0.2, -0.15) is 0 Å². The third-order valence-electron chi connectivity index (χ3n) is 3.67. The summed E-state index contributed by atoms with van der Waals surface area (Å²) in [6.07, 6.45) is 3.41. The van der Waals surface area contributed by atoms with Crippen LogP contribution in [0.25, 0.3) is 45.4 Å². The summed E-state index contributed by atoms with van der Waals surface area (Å²) in [5.74, 6) is 0.950. The first-order chi connectivity index (χ1) is 11.9. The van der Waals surface area contributed by atoms with Gasteiger partial charge in [-0.05, 0) is 24.3 Å². The summed E-state index contributed by atoms with van der Waals surface area (Å²) in [5.41, 5.74) is 4.06. The van der Waals surface area contributed by atoms with Crippen LogP contribution in [-0.4, -0.2) is 19.9 Å². The fraction of sp³-hybridized carbons (Fsp3) is 0. The zero-order valence-corrected chi connectivity index (χ0v) is 12.4. The predicted octanol–water partition coefficient (Wildman–Crippen LogP) is 4.09. The van der Waals surface area contributed by atoms with Crippen LogP contribution in [0.3, 0.4) is 0 Å². The van der Waals surface area contributed by atoms with Crippen molar-refractivity contribution in [3.8, 4) is 23.2 Å². The molecule has 0 spiro atoms. The second-order valence-electron chi connectivity index (χ2n) is 5.26. The number of rotatable bonds is 2.